The molecule has 3 N–H and O–H groups in total. The Labute approximate surface area is 170 Å². The summed E-state index contributed by atoms with van der Waals surface area (Å²) in [4.78, 5) is 25.4. The molecule has 0 aromatic carbocycles. The molecule has 158 valence electrons. The monoisotopic (exact) mass is 429 g/mol. The summed E-state index contributed by atoms with van der Waals surface area (Å²) < 4.78 is 31.7. The van der Waals surface area contributed by atoms with Crippen molar-refractivity contribution in [3.63, 3.8) is 0 Å². The van der Waals surface area contributed by atoms with E-state index in [9.17, 15) is 18.0 Å². The van der Waals surface area contributed by atoms with Gasteiger partial charge in [0, 0.05) is 29.7 Å². The standard InChI is InChI=1S/C17H21N3OS.C2HF3O2/c21-17(19-9-6-15-3-1-2-8-18-15)13-4-5-16(20-11-13)14-7-10-22-12-14;3-2(4,5)1(6)7/h4-5,7,10-12,15,18H,1-3,6,8-9H2,(H,19,21);(H,6,7). The van der Waals surface area contributed by atoms with Crippen LogP contribution in [0.4, 0.5) is 13.2 Å². The Kier molecular flexibility index (Phi) is 8.59. The van der Waals surface area contributed by atoms with Crippen LogP contribution in [0.3, 0.4) is 0 Å². The third kappa shape index (κ3) is 7.82. The second kappa shape index (κ2) is 10.9. The van der Waals surface area contributed by atoms with Gasteiger partial charge in [-0.3, -0.25) is 9.78 Å². The van der Waals surface area contributed by atoms with Crippen molar-refractivity contribution in [3.05, 3.63) is 40.7 Å². The van der Waals surface area contributed by atoms with E-state index >= 15 is 0 Å². The highest BCUT2D eigenvalue weighted by atomic mass is 32.1. The molecular weight excluding hydrogens is 407 g/mol. The minimum atomic E-state index is -5.08. The third-order valence-corrected chi connectivity index (χ3v) is 4.96. The number of rotatable bonds is 5. The van der Waals surface area contributed by atoms with Gasteiger partial charge in [0.15, 0.2) is 0 Å². The van der Waals surface area contributed by atoms with E-state index in [4.69, 9.17) is 9.90 Å². The van der Waals surface area contributed by atoms with Crippen LogP contribution in [-0.2, 0) is 4.79 Å². The number of aliphatic carboxylic acids is 1. The number of aromatic nitrogens is 1. The number of piperidine rings is 1. The first-order valence-corrected chi connectivity index (χ1v) is 10.0. The second-order valence-corrected chi connectivity index (χ2v) is 7.22. The van der Waals surface area contributed by atoms with Crippen LogP contribution >= 0.6 is 11.3 Å². The lowest BCUT2D eigenvalue weighted by molar-refractivity contribution is -0.192. The van der Waals surface area contributed by atoms with E-state index in [1.54, 1.807) is 17.5 Å². The van der Waals surface area contributed by atoms with Gasteiger partial charge in [0.25, 0.3) is 5.91 Å². The molecule has 3 rings (SSSR count). The lowest BCUT2D eigenvalue weighted by Crippen LogP contribution is -2.37. The summed E-state index contributed by atoms with van der Waals surface area (Å²) in [6.45, 7) is 1.81. The molecule has 10 heteroatoms. The zero-order chi connectivity index (χ0) is 21.3. The van der Waals surface area contributed by atoms with Crippen molar-refractivity contribution >= 4 is 23.2 Å². The number of thiophene rings is 1. The zero-order valence-electron chi connectivity index (χ0n) is 15.5. The van der Waals surface area contributed by atoms with E-state index < -0.39 is 12.1 Å². The van der Waals surface area contributed by atoms with Crippen molar-refractivity contribution in [2.45, 2.75) is 37.9 Å². The van der Waals surface area contributed by atoms with Crippen LogP contribution < -0.4 is 10.6 Å². The molecule has 1 aliphatic heterocycles. The predicted molar refractivity (Wildman–Crippen MR) is 104 cm³/mol. The number of carbonyl (C=O) groups is 2. The number of carboxylic acid groups (broad SMARTS) is 1. The van der Waals surface area contributed by atoms with Gasteiger partial charge >= 0.3 is 12.1 Å². The molecule has 0 radical (unpaired) electrons. The molecule has 0 bridgehead atoms. The van der Waals surface area contributed by atoms with Gasteiger partial charge in [-0.15, -0.1) is 0 Å². The summed E-state index contributed by atoms with van der Waals surface area (Å²) in [5, 5.41) is 17.7. The van der Waals surface area contributed by atoms with Crippen molar-refractivity contribution in [2.75, 3.05) is 13.1 Å². The number of alkyl halides is 3. The maximum absolute atomic E-state index is 12.1. The molecule has 1 aliphatic rings. The van der Waals surface area contributed by atoms with Crippen molar-refractivity contribution in [1.82, 2.24) is 15.6 Å². The smallest absolute Gasteiger partial charge is 0.475 e. The third-order valence-electron chi connectivity index (χ3n) is 4.28. The molecule has 0 saturated carbocycles. The first-order chi connectivity index (χ1) is 13.8. The first-order valence-electron chi connectivity index (χ1n) is 9.07. The molecule has 1 saturated heterocycles. The topological polar surface area (TPSA) is 91.3 Å². The van der Waals surface area contributed by atoms with Crippen molar-refractivity contribution in [1.29, 1.82) is 0 Å². The number of nitrogens with one attached hydrogen (secondary N) is 2. The van der Waals surface area contributed by atoms with Gasteiger partial charge in [-0.25, -0.2) is 4.79 Å². The normalized spacial score (nSPS) is 16.4. The molecule has 29 heavy (non-hydrogen) atoms. The van der Waals surface area contributed by atoms with Crippen LogP contribution in [-0.4, -0.2) is 47.3 Å². The zero-order valence-corrected chi connectivity index (χ0v) is 16.4. The van der Waals surface area contributed by atoms with Gasteiger partial charge in [-0.2, -0.15) is 24.5 Å². The second-order valence-electron chi connectivity index (χ2n) is 6.44. The van der Waals surface area contributed by atoms with Gasteiger partial charge in [0.05, 0.1) is 11.3 Å². The van der Waals surface area contributed by atoms with Crippen LogP contribution in [0.5, 0.6) is 0 Å². The van der Waals surface area contributed by atoms with Crippen molar-refractivity contribution in [2.24, 2.45) is 0 Å². The number of pyridine rings is 1. The number of nitrogens with zero attached hydrogens (tertiary/aromatic N) is 1. The fourth-order valence-corrected chi connectivity index (χ4v) is 3.39. The number of carbonyl (C=O) groups excluding carboxylic acids is 1. The number of hydrogen-bond donors (Lipinski definition) is 3. The summed E-state index contributed by atoms with van der Waals surface area (Å²) in [5.74, 6) is -2.80. The summed E-state index contributed by atoms with van der Waals surface area (Å²) in [6, 6.07) is 6.32. The van der Waals surface area contributed by atoms with Crippen LogP contribution in [0.25, 0.3) is 11.3 Å². The molecule has 1 atom stereocenters. The fraction of sp³-hybridized carbons (Fsp3) is 0.421. The van der Waals surface area contributed by atoms with Crippen LogP contribution in [0, 0.1) is 0 Å². The highest BCUT2D eigenvalue weighted by Crippen LogP contribution is 2.19. The maximum atomic E-state index is 12.1. The number of amides is 1. The summed E-state index contributed by atoms with van der Waals surface area (Å²) in [5.41, 5.74) is 2.63. The molecule has 3 heterocycles. The Morgan fingerprint density at radius 2 is 2.03 bits per heavy atom. The molecular formula is C19H22F3N3O3S. The van der Waals surface area contributed by atoms with E-state index in [1.165, 1.54) is 19.3 Å². The Morgan fingerprint density at radius 1 is 1.28 bits per heavy atom. The predicted octanol–water partition coefficient (Wildman–Crippen LogP) is 3.71. The van der Waals surface area contributed by atoms with E-state index in [2.05, 4.69) is 21.0 Å². The lowest BCUT2D eigenvalue weighted by atomic mass is 10.0. The summed E-state index contributed by atoms with van der Waals surface area (Å²) in [7, 11) is 0. The summed E-state index contributed by atoms with van der Waals surface area (Å²) in [6.07, 6.45) is 1.34. The van der Waals surface area contributed by atoms with Gasteiger partial charge in [0.1, 0.15) is 0 Å². The van der Waals surface area contributed by atoms with E-state index in [0.717, 1.165) is 24.2 Å². The first kappa shape index (κ1) is 22.8. The minimum Gasteiger partial charge on any atom is -0.475 e. The molecule has 2 aromatic rings. The van der Waals surface area contributed by atoms with Gasteiger partial charge in [0.2, 0.25) is 0 Å². The van der Waals surface area contributed by atoms with Gasteiger partial charge in [-0.05, 0) is 49.4 Å². The van der Waals surface area contributed by atoms with Gasteiger partial charge < -0.3 is 15.7 Å². The van der Waals surface area contributed by atoms with E-state index in [1.807, 2.05) is 23.6 Å². The molecule has 0 aliphatic carbocycles. The number of carboxylic acids is 1. The number of halogens is 3. The van der Waals surface area contributed by atoms with Crippen LogP contribution in [0.2, 0.25) is 0 Å². The van der Waals surface area contributed by atoms with Crippen LogP contribution in [0.15, 0.2) is 35.2 Å². The van der Waals surface area contributed by atoms with E-state index in [0.29, 0.717) is 18.2 Å². The van der Waals surface area contributed by atoms with Crippen molar-refractivity contribution in [3.8, 4) is 11.3 Å². The fourth-order valence-electron chi connectivity index (χ4n) is 2.74. The van der Waals surface area contributed by atoms with Crippen molar-refractivity contribution < 1.29 is 27.9 Å². The highest BCUT2D eigenvalue weighted by Gasteiger charge is 2.38. The maximum Gasteiger partial charge on any atom is 0.490 e. The Balaban J connectivity index is 0.000000370. The Bertz CT molecular complexity index is 774. The largest absolute Gasteiger partial charge is 0.490 e. The SMILES string of the molecule is O=C(NCCC1CCCCN1)c1ccc(-c2ccsc2)nc1.O=C(O)C(F)(F)F. The quantitative estimate of drug-likeness (QED) is 0.674. The number of hydrogen-bond acceptors (Lipinski definition) is 5. The average Bonchev–Trinajstić information content (AvgIpc) is 3.23. The molecule has 1 unspecified atom stereocenters. The lowest BCUT2D eigenvalue weighted by Gasteiger charge is -2.23. The molecule has 6 nitrogen and oxygen atoms in total. The molecule has 2 aromatic heterocycles. The minimum absolute atomic E-state index is 0.0415. The average molecular weight is 429 g/mol. The molecule has 0 spiro atoms. The highest BCUT2D eigenvalue weighted by molar-refractivity contribution is 7.08. The van der Waals surface area contributed by atoms with E-state index in [-0.39, 0.29) is 5.91 Å². The van der Waals surface area contributed by atoms with Crippen LogP contribution in [0.1, 0.15) is 36.0 Å². The Hall–Kier alpha value is -2.46. The summed E-state index contributed by atoms with van der Waals surface area (Å²) >= 11 is 1.64. The molecule has 1 amide bonds. The van der Waals surface area contributed by atoms with Gasteiger partial charge in [-0.1, -0.05) is 6.42 Å². The molecule has 1 fully saturated rings. The Morgan fingerprint density at radius 3 is 2.55 bits per heavy atom.